The highest BCUT2D eigenvalue weighted by molar-refractivity contribution is 6.14. The molecule has 210 valence electrons. The molecule has 2 fully saturated rings. The van der Waals surface area contributed by atoms with Crippen molar-refractivity contribution in [1.29, 1.82) is 0 Å². The summed E-state index contributed by atoms with van der Waals surface area (Å²) >= 11 is 0. The van der Waals surface area contributed by atoms with Crippen LogP contribution in [-0.4, -0.2) is 70.6 Å². The molecule has 2 aromatic heterocycles. The summed E-state index contributed by atoms with van der Waals surface area (Å²) in [6.45, 7) is 7.83. The maximum absolute atomic E-state index is 14.7. The fourth-order valence-corrected chi connectivity index (χ4v) is 5.76. The van der Waals surface area contributed by atoms with E-state index in [9.17, 15) is 9.18 Å². The van der Waals surface area contributed by atoms with Crippen LogP contribution >= 0.6 is 0 Å². The molecule has 40 heavy (non-hydrogen) atoms. The van der Waals surface area contributed by atoms with E-state index in [-0.39, 0.29) is 17.4 Å². The lowest BCUT2D eigenvalue weighted by atomic mass is 10.0. The number of fused-ring (bicyclic) bond motifs is 2. The molecule has 2 aliphatic heterocycles. The van der Waals surface area contributed by atoms with Gasteiger partial charge < -0.3 is 25.0 Å². The molecule has 0 bridgehead atoms. The number of benzene rings is 2. The average molecular weight is 548 g/mol. The van der Waals surface area contributed by atoms with Crippen LogP contribution in [0, 0.1) is 11.7 Å². The summed E-state index contributed by atoms with van der Waals surface area (Å²) in [5.41, 5.74) is 2.40. The van der Waals surface area contributed by atoms with Gasteiger partial charge in [0.15, 0.2) is 5.82 Å². The van der Waals surface area contributed by atoms with Crippen molar-refractivity contribution in [2.75, 3.05) is 43.1 Å². The van der Waals surface area contributed by atoms with Gasteiger partial charge in [0.1, 0.15) is 5.52 Å². The Morgan fingerprint density at radius 1 is 1.23 bits per heavy atom. The van der Waals surface area contributed by atoms with E-state index in [2.05, 4.69) is 39.5 Å². The van der Waals surface area contributed by atoms with E-state index in [1.54, 1.807) is 36.3 Å². The number of hydrogen-bond acceptors (Lipinski definition) is 8. The summed E-state index contributed by atoms with van der Waals surface area (Å²) in [5, 5.41) is 11.9. The van der Waals surface area contributed by atoms with Crippen LogP contribution in [0.5, 0.6) is 6.01 Å². The third-order valence-electron chi connectivity index (χ3n) is 7.49. The number of aryl methyl sites for hydroxylation is 1. The number of anilines is 2. The Labute approximate surface area is 231 Å². The summed E-state index contributed by atoms with van der Waals surface area (Å²) in [6, 6.07) is 7.53. The molecule has 1 unspecified atom stereocenters. The number of carbonyl (C=O) groups excluding carboxylic acids is 1. The zero-order valence-corrected chi connectivity index (χ0v) is 23.0. The van der Waals surface area contributed by atoms with Gasteiger partial charge in [-0.05, 0) is 51.0 Å². The Hall–Kier alpha value is -3.83. The molecule has 3 atom stereocenters. The van der Waals surface area contributed by atoms with Gasteiger partial charge in [0, 0.05) is 79.3 Å². The largest absolute Gasteiger partial charge is 0.463 e. The van der Waals surface area contributed by atoms with Crippen LogP contribution in [0.25, 0.3) is 21.8 Å². The van der Waals surface area contributed by atoms with Gasteiger partial charge in [-0.2, -0.15) is 10.1 Å². The van der Waals surface area contributed by atoms with Gasteiger partial charge >= 0.3 is 6.01 Å². The molecule has 4 aromatic rings. The van der Waals surface area contributed by atoms with Crippen molar-refractivity contribution in [3.63, 3.8) is 0 Å². The monoisotopic (exact) mass is 547 g/mol. The highest BCUT2D eigenvalue weighted by Gasteiger charge is 2.25. The lowest BCUT2D eigenvalue weighted by Gasteiger charge is -2.38. The van der Waals surface area contributed by atoms with Crippen molar-refractivity contribution in [2.24, 2.45) is 13.0 Å². The molecule has 0 saturated carbocycles. The third kappa shape index (κ3) is 5.44. The van der Waals surface area contributed by atoms with E-state index in [1.807, 2.05) is 6.07 Å². The van der Waals surface area contributed by atoms with Gasteiger partial charge in [0.05, 0.1) is 24.3 Å². The van der Waals surface area contributed by atoms with E-state index >= 15 is 0 Å². The number of piperazine rings is 1. The molecular formula is C29H34FN7O3. The molecule has 0 radical (unpaired) electrons. The van der Waals surface area contributed by atoms with Crippen LogP contribution in [0.1, 0.15) is 37.0 Å². The zero-order valence-electron chi connectivity index (χ0n) is 23.0. The molecule has 2 saturated heterocycles. The van der Waals surface area contributed by atoms with Gasteiger partial charge in [0.25, 0.3) is 5.91 Å². The van der Waals surface area contributed by atoms with E-state index in [1.165, 1.54) is 6.07 Å². The van der Waals surface area contributed by atoms with Crippen LogP contribution in [0.15, 0.2) is 36.7 Å². The fraction of sp³-hybridized carbons (Fsp3) is 0.448. The molecule has 2 N–H and O–H groups in total. The number of ether oxygens (including phenoxy) is 2. The minimum absolute atomic E-state index is 0.217. The maximum Gasteiger partial charge on any atom is 0.316 e. The van der Waals surface area contributed by atoms with Crippen LogP contribution in [0.3, 0.4) is 0 Å². The minimum atomic E-state index is -0.500. The Morgan fingerprint density at radius 3 is 2.83 bits per heavy atom. The number of nitrogens with zero attached hydrogens (tertiary/aromatic N) is 5. The fourth-order valence-electron chi connectivity index (χ4n) is 5.76. The maximum atomic E-state index is 14.7. The first-order valence-electron chi connectivity index (χ1n) is 13.8. The van der Waals surface area contributed by atoms with Crippen LogP contribution in [0.2, 0.25) is 0 Å². The first-order valence-corrected chi connectivity index (χ1v) is 13.8. The molecule has 10 nitrogen and oxygen atoms in total. The third-order valence-corrected chi connectivity index (χ3v) is 7.49. The summed E-state index contributed by atoms with van der Waals surface area (Å²) in [7, 11) is 1.73. The van der Waals surface area contributed by atoms with Gasteiger partial charge in [-0.15, -0.1) is 0 Å². The standard InChI is InChI=1S/C29H34FN7O3/c1-17-12-37(13-18(2)32-17)25-7-6-22(28(38)33-21-9-20-14-36(3)35-26(20)24(30)10-21)27-23(25)11-31-29(34-27)40-16-19-5-4-8-39-15-19/h6-7,9-11,14,17-19,32H,4-5,8,12-13,15-16H2,1-3H3,(H,33,38)/t17-,18-,19?/m1/s1. The Balaban J connectivity index is 1.34. The first kappa shape index (κ1) is 26.4. The molecule has 11 heteroatoms. The molecule has 6 rings (SSSR count). The summed E-state index contributed by atoms with van der Waals surface area (Å²) in [4.78, 5) is 25.1. The number of rotatable bonds is 6. The van der Waals surface area contributed by atoms with Gasteiger partial charge in [-0.25, -0.2) is 9.37 Å². The smallest absolute Gasteiger partial charge is 0.316 e. The molecule has 0 spiro atoms. The average Bonchev–Trinajstić information content (AvgIpc) is 3.32. The van der Waals surface area contributed by atoms with E-state index in [0.717, 1.165) is 43.6 Å². The molecule has 0 aliphatic carbocycles. The summed E-state index contributed by atoms with van der Waals surface area (Å²) in [6.07, 6.45) is 5.48. The lowest BCUT2D eigenvalue weighted by molar-refractivity contribution is 0.0336. The number of carbonyl (C=O) groups is 1. The predicted molar refractivity (Wildman–Crippen MR) is 151 cm³/mol. The number of aromatic nitrogens is 4. The second-order valence-corrected chi connectivity index (χ2v) is 11.0. The van der Waals surface area contributed by atoms with Gasteiger partial charge in [-0.1, -0.05) is 0 Å². The Bertz CT molecular complexity index is 1540. The van der Waals surface area contributed by atoms with Crippen molar-refractivity contribution in [2.45, 2.75) is 38.8 Å². The lowest BCUT2D eigenvalue weighted by Crippen LogP contribution is -2.54. The molecule has 2 aromatic carbocycles. The van der Waals surface area contributed by atoms with Crippen molar-refractivity contribution < 1.29 is 18.7 Å². The molecule has 2 aliphatic rings. The summed E-state index contributed by atoms with van der Waals surface area (Å²) in [5.74, 6) is -0.616. The molecular weight excluding hydrogens is 513 g/mol. The van der Waals surface area contributed by atoms with E-state index in [4.69, 9.17) is 14.5 Å². The highest BCUT2D eigenvalue weighted by atomic mass is 19.1. The van der Waals surface area contributed by atoms with Crippen LogP contribution in [0.4, 0.5) is 15.8 Å². The zero-order chi connectivity index (χ0) is 27.8. The van der Waals surface area contributed by atoms with Crippen molar-refractivity contribution in [1.82, 2.24) is 25.1 Å². The minimum Gasteiger partial charge on any atom is -0.463 e. The van der Waals surface area contributed by atoms with E-state index < -0.39 is 11.7 Å². The van der Waals surface area contributed by atoms with Crippen LogP contribution < -0.4 is 20.3 Å². The van der Waals surface area contributed by atoms with E-state index in [0.29, 0.717) is 47.5 Å². The predicted octanol–water partition coefficient (Wildman–Crippen LogP) is 3.90. The normalized spacial score (nSPS) is 21.6. The molecule has 4 heterocycles. The Kier molecular flexibility index (Phi) is 7.24. The second kappa shape index (κ2) is 11.0. The number of hydrogen-bond donors (Lipinski definition) is 2. The van der Waals surface area contributed by atoms with Crippen molar-refractivity contribution in [3.8, 4) is 6.01 Å². The SMILES string of the molecule is C[C@@H]1CN(c2ccc(C(=O)Nc3cc(F)c4nn(C)cc4c3)c3nc(OCC4CCCOC4)ncc23)C[C@@H](C)N1. The first-order chi connectivity index (χ1) is 19.3. The summed E-state index contributed by atoms with van der Waals surface area (Å²) < 4.78 is 27.8. The number of nitrogens with one attached hydrogen (secondary N) is 2. The van der Waals surface area contributed by atoms with Gasteiger partial charge in [0.2, 0.25) is 0 Å². The van der Waals surface area contributed by atoms with Gasteiger partial charge in [-0.3, -0.25) is 9.48 Å². The van der Waals surface area contributed by atoms with Crippen molar-refractivity contribution in [3.05, 3.63) is 48.0 Å². The quantitative estimate of drug-likeness (QED) is 0.375. The van der Waals surface area contributed by atoms with Crippen LogP contribution in [-0.2, 0) is 11.8 Å². The molecule has 1 amide bonds. The number of halogens is 1. The van der Waals surface area contributed by atoms with Crippen molar-refractivity contribution >= 4 is 39.1 Å². The number of amides is 1. The second-order valence-electron chi connectivity index (χ2n) is 11.0. The topological polar surface area (TPSA) is 106 Å². The highest BCUT2D eigenvalue weighted by Crippen LogP contribution is 2.31. The Morgan fingerprint density at radius 2 is 2.05 bits per heavy atom.